The molecule has 0 fully saturated rings. The summed E-state index contributed by atoms with van der Waals surface area (Å²) in [6.45, 7) is 0.992. The van der Waals surface area contributed by atoms with Crippen molar-refractivity contribution in [2.45, 2.75) is 37.7 Å². The van der Waals surface area contributed by atoms with Crippen LogP contribution in [0.1, 0.15) is 36.8 Å². The van der Waals surface area contributed by atoms with Crippen LogP contribution in [-0.2, 0) is 12.0 Å². The summed E-state index contributed by atoms with van der Waals surface area (Å²) in [6.07, 6.45) is 13.5. The summed E-state index contributed by atoms with van der Waals surface area (Å²) in [5, 5.41) is 11.4. The maximum Gasteiger partial charge on any atom is 0.108 e. The molecule has 0 saturated carbocycles. The molecule has 1 atom stereocenters. The van der Waals surface area contributed by atoms with E-state index in [1.165, 1.54) is 16.7 Å². The minimum Gasteiger partial charge on any atom is -0.381 e. The molecule has 2 heteroatoms. The largest absolute Gasteiger partial charge is 0.381 e. The zero-order chi connectivity index (χ0) is 16.3. The average molecular weight is 309 g/mol. The van der Waals surface area contributed by atoms with E-state index < -0.39 is 5.60 Å². The molecule has 122 valence electrons. The lowest BCUT2D eigenvalue weighted by molar-refractivity contribution is 0.0738. The van der Waals surface area contributed by atoms with Gasteiger partial charge in [-0.3, -0.25) is 0 Å². The van der Waals surface area contributed by atoms with Gasteiger partial charge in [-0.05, 0) is 75.5 Å². The van der Waals surface area contributed by atoms with Gasteiger partial charge in [0.1, 0.15) is 5.60 Å². The SMILES string of the molecule is CN(C)CCCC1(O)C=CC2=C(CCC=C2)Cc2ccccc21. The van der Waals surface area contributed by atoms with Crippen molar-refractivity contribution in [1.82, 2.24) is 4.90 Å². The van der Waals surface area contributed by atoms with Crippen LogP contribution >= 0.6 is 0 Å². The summed E-state index contributed by atoms with van der Waals surface area (Å²) >= 11 is 0. The standard InChI is InChI=1S/C21H27NO/c1-22(2)15-7-13-21(23)14-12-17-8-3-4-9-18(17)16-19-10-5-6-11-20(19)21/h3,5-6,8,10-12,14,23H,4,7,9,13,15-16H2,1-2H3. The van der Waals surface area contributed by atoms with Gasteiger partial charge in [0.05, 0.1) is 0 Å². The van der Waals surface area contributed by atoms with Gasteiger partial charge in [0.15, 0.2) is 0 Å². The van der Waals surface area contributed by atoms with E-state index in [-0.39, 0.29) is 0 Å². The first kappa shape index (κ1) is 16.2. The number of fused-ring (bicyclic) bond motifs is 1. The van der Waals surface area contributed by atoms with Gasteiger partial charge < -0.3 is 10.0 Å². The molecule has 0 spiro atoms. The Morgan fingerprint density at radius 3 is 2.83 bits per heavy atom. The molecular weight excluding hydrogens is 282 g/mol. The molecular formula is C21H27NO. The molecule has 1 aromatic rings. The molecule has 2 aliphatic rings. The van der Waals surface area contributed by atoms with Crippen LogP contribution in [0.15, 0.2) is 59.7 Å². The average Bonchev–Trinajstić information content (AvgIpc) is 2.53. The quantitative estimate of drug-likeness (QED) is 0.909. The summed E-state index contributed by atoms with van der Waals surface area (Å²) in [5.74, 6) is 0. The summed E-state index contributed by atoms with van der Waals surface area (Å²) in [6, 6.07) is 8.40. The molecule has 0 radical (unpaired) electrons. The lowest BCUT2D eigenvalue weighted by Crippen LogP contribution is -2.27. The number of allylic oxidation sites excluding steroid dienone is 5. The van der Waals surface area contributed by atoms with Gasteiger partial charge in [0.2, 0.25) is 0 Å². The summed E-state index contributed by atoms with van der Waals surface area (Å²) < 4.78 is 0. The predicted octanol–water partition coefficient (Wildman–Crippen LogP) is 3.97. The minimum atomic E-state index is -0.865. The molecule has 3 rings (SSSR count). The number of aliphatic hydroxyl groups is 1. The molecule has 2 aliphatic carbocycles. The molecule has 0 aliphatic heterocycles. The second kappa shape index (κ2) is 6.86. The van der Waals surface area contributed by atoms with E-state index in [2.05, 4.69) is 55.4 Å². The topological polar surface area (TPSA) is 23.5 Å². The van der Waals surface area contributed by atoms with E-state index >= 15 is 0 Å². The van der Waals surface area contributed by atoms with Crippen LogP contribution in [0, 0.1) is 0 Å². The Labute approximate surface area is 139 Å². The van der Waals surface area contributed by atoms with E-state index in [1.54, 1.807) is 0 Å². The molecule has 1 aromatic carbocycles. The molecule has 0 saturated heterocycles. The van der Waals surface area contributed by atoms with Gasteiger partial charge in [-0.15, -0.1) is 0 Å². The fourth-order valence-corrected chi connectivity index (χ4v) is 3.62. The van der Waals surface area contributed by atoms with Crippen molar-refractivity contribution in [3.05, 3.63) is 70.8 Å². The third-order valence-corrected chi connectivity index (χ3v) is 4.91. The van der Waals surface area contributed by atoms with Gasteiger partial charge >= 0.3 is 0 Å². The Kier molecular flexibility index (Phi) is 4.84. The van der Waals surface area contributed by atoms with Crippen LogP contribution in [0.5, 0.6) is 0 Å². The van der Waals surface area contributed by atoms with Crippen molar-refractivity contribution >= 4 is 0 Å². The fraction of sp³-hybridized carbons (Fsp3) is 0.429. The second-order valence-electron chi connectivity index (χ2n) is 7.00. The maximum atomic E-state index is 11.4. The van der Waals surface area contributed by atoms with E-state index in [1.807, 2.05) is 12.1 Å². The van der Waals surface area contributed by atoms with Crippen molar-refractivity contribution in [3.63, 3.8) is 0 Å². The number of hydrogen-bond acceptors (Lipinski definition) is 2. The summed E-state index contributed by atoms with van der Waals surface area (Å²) in [5.41, 5.74) is 4.27. The van der Waals surface area contributed by atoms with E-state index in [0.29, 0.717) is 0 Å². The van der Waals surface area contributed by atoms with Crippen molar-refractivity contribution < 1.29 is 5.11 Å². The van der Waals surface area contributed by atoms with Crippen molar-refractivity contribution in [2.75, 3.05) is 20.6 Å². The van der Waals surface area contributed by atoms with Gasteiger partial charge in [0.25, 0.3) is 0 Å². The van der Waals surface area contributed by atoms with E-state index in [4.69, 9.17) is 0 Å². The third kappa shape index (κ3) is 3.65. The van der Waals surface area contributed by atoms with E-state index in [9.17, 15) is 5.11 Å². The molecule has 1 N–H and O–H groups in total. The highest BCUT2D eigenvalue weighted by Crippen LogP contribution is 2.36. The monoisotopic (exact) mass is 309 g/mol. The van der Waals surface area contributed by atoms with Crippen LogP contribution < -0.4 is 0 Å². The third-order valence-electron chi connectivity index (χ3n) is 4.91. The van der Waals surface area contributed by atoms with Crippen LogP contribution in [0.25, 0.3) is 0 Å². The highest BCUT2D eigenvalue weighted by Gasteiger charge is 2.30. The molecule has 0 amide bonds. The normalized spacial score (nSPS) is 23.5. The molecule has 0 heterocycles. The van der Waals surface area contributed by atoms with Gasteiger partial charge in [0, 0.05) is 0 Å². The van der Waals surface area contributed by atoms with Crippen LogP contribution in [-0.4, -0.2) is 30.6 Å². The second-order valence-corrected chi connectivity index (χ2v) is 7.00. The summed E-state index contributed by atoms with van der Waals surface area (Å²) in [4.78, 5) is 2.17. The van der Waals surface area contributed by atoms with Crippen molar-refractivity contribution in [2.24, 2.45) is 0 Å². The predicted molar refractivity (Wildman–Crippen MR) is 96.4 cm³/mol. The molecule has 2 nitrogen and oxygen atoms in total. The molecule has 0 aromatic heterocycles. The molecule has 0 bridgehead atoms. The number of benzene rings is 1. The Morgan fingerprint density at radius 2 is 2.00 bits per heavy atom. The Bertz CT molecular complexity index is 654. The van der Waals surface area contributed by atoms with Crippen LogP contribution in [0.2, 0.25) is 0 Å². The van der Waals surface area contributed by atoms with Crippen molar-refractivity contribution in [1.29, 1.82) is 0 Å². The van der Waals surface area contributed by atoms with E-state index in [0.717, 1.165) is 44.2 Å². The highest BCUT2D eigenvalue weighted by atomic mass is 16.3. The Morgan fingerprint density at radius 1 is 1.17 bits per heavy atom. The maximum absolute atomic E-state index is 11.4. The fourth-order valence-electron chi connectivity index (χ4n) is 3.62. The smallest absolute Gasteiger partial charge is 0.108 e. The Hall–Kier alpha value is -1.64. The van der Waals surface area contributed by atoms with Gasteiger partial charge in [-0.25, -0.2) is 0 Å². The van der Waals surface area contributed by atoms with Crippen LogP contribution in [0.4, 0.5) is 0 Å². The minimum absolute atomic E-state index is 0.755. The molecule has 23 heavy (non-hydrogen) atoms. The van der Waals surface area contributed by atoms with Gasteiger partial charge in [-0.1, -0.05) is 48.1 Å². The lowest BCUT2D eigenvalue weighted by atomic mass is 9.79. The zero-order valence-corrected chi connectivity index (χ0v) is 14.3. The Balaban J connectivity index is 1.97. The first-order valence-corrected chi connectivity index (χ1v) is 8.62. The first-order valence-electron chi connectivity index (χ1n) is 8.62. The highest BCUT2D eigenvalue weighted by molar-refractivity contribution is 5.47. The van der Waals surface area contributed by atoms with Gasteiger partial charge in [-0.2, -0.15) is 0 Å². The number of nitrogens with zero attached hydrogens (tertiary/aromatic N) is 1. The first-order chi connectivity index (χ1) is 11.1. The number of hydrogen-bond donors (Lipinski definition) is 1. The molecule has 1 unspecified atom stereocenters. The zero-order valence-electron chi connectivity index (χ0n) is 14.3. The van der Waals surface area contributed by atoms with Crippen molar-refractivity contribution in [3.8, 4) is 0 Å². The number of rotatable bonds is 4. The van der Waals surface area contributed by atoms with Crippen LogP contribution in [0.3, 0.4) is 0 Å². The summed E-state index contributed by atoms with van der Waals surface area (Å²) in [7, 11) is 4.16. The lowest BCUT2D eigenvalue weighted by Gasteiger charge is -2.31.